The molecule has 0 saturated heterocycles. The highest BCUT2D eigenvalue weighted by molar-refractivity contribution is 5.70. The van der Waals surface area contributed by atoms with Crippen molar-refractivity contribution in [3.63, 3.8) is 0 Å². The van der Waals surface area contributed by atoms with Gasteiger partial charge in [0, 0.05) is 0 Å². The van der Waals surface area contributed by atoms with E-state index in [0.29, 0.717) is 5.76 Å². The summed E-state index contributed by atoms with van der Waals surface area (Å²) in [5.74, 6) is 0.411. The molecule has 0 aromatic carbocycles. The van der Waals surface area contributed by atoms with Crippen LogP contribution in [0.15, 0.2) is 16.7 Å². The van der Waals surface area contributed by atoms with Gasteiger partial charge >= 0.3 is 0 Å². The second-order valence-corrected chi connectivity index (χ2v) is 4.21. The number of aldehydes is 1. The number of furan rings is 1. The molecule has 1 aromatic rings. The monoisotopic (exact) mass is 166 g/mol. The first-order chi connectivity index (χ1) is 5.51. The second-order valence-electron chi connectivity index (χ2n) is 4.21. The summed E-state index contributed by atoms with van der Waals surface area (Å²) >= 11 is 0. The highest BCUT2D eigenvalue weighted by atomic mass is 16.3. The molecule has 66 valence electrons. The van der Waals surface area contributed by atoms with Crippen LogP contribution in [0.25, 0.3) is 0 Å². The molecule has 1 aromatic heterocycles. The summed E-state index contributed by atoms with van der Waals surface area (Å²) in [6.07, 6.45) is 3.31. The summed E-state index contributed by atoms with van der Waals surface area (Å²) in [6, 6.07) is 1.79. The van der Waals surface area contributed by atoms with Crippen LogP contribution in [0, 0.1) is 5.41 Å². The van der Waals surface area contributed by atoms with Crippen molar-refractivity contribution in [3.8, 4) is 0 Å². The van der Waals surface area contributed by atoms with Crippen LogP contribution in [0.4, 0.5) is 0 Å². The molecule has 1 heterocycles. The van der Waals surface area contributed by atoms with Gasteiger partial charge in [0.15, 0.2) is 12.0 Å². The van der Waals surface area contributed by atoms with E-state index in [4.69, 9.17) is 4.42 Å². The smallest absolute Gasteiger partial charge is 0.185 e. The quantitative estimate of drug-likeness (QED) is 0.632. The molecule has 2 nitrogen and oxygen atoms in total. The zero-order valence-electron chi connectivity index (χ0n) is 7.76. The first kappa shape index (κ1) is 9.04. The maximum Gasteiger partial charge on any atom is 0.185 e. The first-order valence-corrected chi connectivity index (χ1v) is 4.04. The normalized spacial score (nSPS) is 11.6. The van der Waals surface area contributed by atoms with Crippen molar-refractivity contribution in [1.82, 2.24) is 0 Å². The van der Waals surface area contributed by atoms with Gasteiger partial charge in [0.05, 0.1) is 6.26 Å². The van der Waals surface area contributed by atoms with E-state index in [-0.39, 0.29) is 5.41 Å². The molecule has 0 N–H and O–H groups in total. The van der Waals surface area contributed by atoms with E-state index in [9.17, 15) is 4.79 Å². The van der Waals surface area contributed by atoms with Crippen LogP contribution < -0.4 is 0 Å². The van der Waals surface area contributed by atoms with Gasteiger partial charge in [0.25, 0.3) is 0 Å². The van der Waals surface area contributed by atoms with Crippen LogP contribution in [0.1, 0.15) is 36.9 Å². The Kier molecular flexibility index (Phi) is 2.36. The topological polar surface area (TPSA) is 30.2 Å². The number of rotatable bonds is 2. The molecule has 0 spiro atoms. The van der Waals surface area contributed by atoms with Gasteiger partial charge < -0.3 is 4.42 Å². The molecule has 2 heteroatoms. The van der Waals surface area contributed by atoms with E-state index in [1.165, 1.54) is 0 Å². The Bertz CT molecular complexity index is 266. The molecule has 12 heavy (non-hydrogen) atoms. The second kappa shape index (κ2) is 3.13. The SMILES string of the molecule is CC(C)(C)Cc1coc(C=O)c1. The largest absolute Gasteiger partial charge is 0.461 e. The van der Waals surface area contributed by atoms with Crippen molar-refractivity contribution in [3.05, 3.63) is 23.7 Å². The van der Waals surface area contributed by atoms with Crippen LogP contribution in [0.2, 0.25) is 0 Å². The third-order valence-electron chi connectivity index (χ3n) is 1.52. The van der Waals surface area contributed by atoms with Gasteiger partial charge in [-0.25, -0.2) is 0 Å². The Hall–Kier alpha value is -1.05. The molecule has 1 rings (SSSR count). The Morgan fingerprint density at radius 3 is 2.58 bits per heavy atom. The minimum atomic E-state index is 0.240. The highest BCUT2D eigenvalue weighted by Crippen LogP contribution is 2.21. The van der Waals surface area contributed by atoms with Crippen LogP contribution in [-0.4, -0.2) is 6.29 Å². The van der Waals surface area contributed by atoms with E-state index < -0.39 is 0 Å². The fraction of sp³-hybridized carbons (Fsp3) is 0.500. The number of carbonyl (C=O) groups excluding carboxylic acids is 1. The molecule has 0 radical (unpaired) electrons. The molecule has 0 unspecified atom stereocenters. The third kappa shape index (κ3) is 2.53. The van der Waals surface area contributed by atoms with Gasteiger partial charge in [0.1, 0.15) is 0 Å². The van der Waals surface area contributed by atoms with E-state index >= 15 is 0 Å². The summed E-state index contributed by atoms with van der Waals surface area (Å²) in [4.78, 5) is 10.3. The number of hydrogen-bond donors (Lipinski definition) is 0. The first-order valence-electron chi connectivity index (χ1n) is 4.04. The highest BCUT2D eigenvalue weighted by Gasteiger charge is 2.12. The lowest BCUT2D eigenvalue weighted by atomic mass is 9.89. The average molecular weight is 166 g/mol. The molecule has 0 atom stereocenters. The standard InChI is InChI=1S/C10H14O2/c1-10(2,3)5-8-4-9(6-11)12-7-8/h4,6-7H,5H2,1-3H3. The van der Waals surface area contributed by atoms with Gasteiger partial charge in [0.2, 0.25) is 0 Å². The van der Waals surface area contributed by atoms with Gasteiger partial charge in [-0.05, 0) is 23.5 Å². The maximum atomic E-state index is 10.3. The van der Waals surface area contributed by atoms with Crippen molar-refractivity contribution in [2.24, 2.45) is 5.41 Å². The van der Waals surface area contributed by atoms with Crippen LogP contribution in [-0.2, 0) is 6.42 Å². The Balaban J connectivity index is 2.70. The third-order valence-corrected chi connectivity index (χ3v) is 1.52. The molecule has 0 aliphatic carbocycles. The summed E-state index contributed by atoms with van der Waals surface area (Å²) in [5.41, 5.74) is 1.33. The summed E-state index contributed by atoms with van der Waals surface area (Å²) in [5, 5.41) is 0. The molecule has 0 bridgehead atoms. The minimum absolute atomic E-state index is 0.240. The van der Waals surface area contributed by atoms with Gasteiger partial charge in [-0.2, -0.15) is 0 Å². The molecular weight excluding hydrogens is 152 g/mol. The van der Waals surface area contributed by atoms with Crippen LogP contribution >= 0.6 is 0 Å². The minimum Gasteiger partial charge on any atom is -0.461 e. The zero-order chi connectivity index (χ0) is 9.19. The van der Waals surface area contributed by atoms with Crippen molar-refractivity contribution < 1.29 is 9.21 Å². The van der Waals surface area contributed by atoms with E-state index in [1.54, 1.807) is 12.3 Å². The van der Waals surface area contributed by atoms with Crippen molar-refractivity contribution in [2.45, 2.75) is 27.2 Å². The fourth-order valence-electron chi connectivity index (χ4n) is 1.16. The molecular formula is C10H14O2. The summed E-state index contributed by atoms with van der Waals surface area (Å²) < 4.78 is 4.99. The maximum absolute atomic E-state index is 10.3. The van der Waals surface area contributed by atoms with E-state index in [1.807, 2.05) is 0 Å². The Labute approximate surface area is 72.6 Å². The van der Waals surface area contributed by atoms with Crippen LogP contribution in [0.3, 0.4) is 0 Å². The molecule has 0 saturated carbocycles. The predicted molar refractivity (Wildman–Crippen MR) is 47.3 cm³/mol. The fourth-order valence-corrected chi connectivity index (χ4v) is 1.16. The average Bonchev–Trinajstić information content (AvgIpc) is 2.32. The summed E-state index contributed by atoms with van der Waals surface area (Å²) in [7, 11) is 0. The van der Waals surface area contributed by atoms with Gasteiger partial charge in [-0.15, -0.1) is 0 Å². The van der Waals surface area contributed by atoms with Gasteiger partial charge in [-0.3, -0.25) is 4.79 Å². The van der Waals surface area contributed by atoms with Crippen molar-refractivity contribution >= 4 is 6.29 Å². The van der Waals surface area contributed by atoms with Crippen molar-refractivity contribution in [1.29, 1.82) is 0 Å². The van der Waals surface area contributed by atoms with Gasteiger partial charge in [-0.1, -0.05) is 20.8 Å². The molecule has 0 amide bonds. The molecule has 0 aliphatic heterocycles. The predicted octanol–water partition coefficient (Wildman–Crippen LogP) is 2.68. The van der Waals surface area contributed by atoms with Crippen LogP contribution in [0.5, 0.6) is 0 Å². The van der Waals surface area contributed by atoms with E-state index in [2.05, 4.69) is 20.8 Å². The Morgan fingerprint density at radius 2 is 2.17 bits per heavy atom. The lowest BCUT2D eigenvalue weighted by Gasteiger charge is -2.15. The lowest BCUT2D eigenvalue weighted by Crippen LogP contribution is -2.08. The molecule has 0 fully saturated rings. The van der Waals surface area contributed by atoms with E-state index in [0.717, 1.165) is 18.3 Å². The Morgan fingerprint density at radius 1 is 1.50 bits per heavy atom. The lowest BCUT2D eigenvalue weighted by molar-refractivity contribution is 0.110. The number of carbonyl (C=O) groups is 1. The molecule has 0 aliphatic rings. The van der Waals surface area contributed by atoms with Crippen molar-refractivity contribution in [2.75, 3.05) is 0 Å². The number of hydrogen-bond acceptors (Lipinski definition) is 2. The summed E-state index contributed by atoms with van der Waals surface area (Å²) in [6.45, 7) is 6.46. The zero-order valence-corrected chi connectivity index (χ0v) is 7.76.